The normalized spacial score (nSPS) is 14.7. The number of rotatable bonds is 5. The van der Waals surface area contributed by atoms with Gasteiger partial charge in [-0.15, -0.1) is 0 Å². The highest BCUT2D eigenvalue weighted by Gasteiger charge is 2.23. The van der Waals surface area contributed by atoms with E-state index in [1.807, 2.05) is 41.9 Å². The Morgan fingerprint density at radius 3 is 2.55 bits per heavy atom. The minimum absolute atomic E-state index is 0.145. The van der Waals surface area contributed by atoms with E-state index in [9.17, 15) is 9.59 Å². The number of aryl methyl sites for hydroxylation is 1. The Labute approximate surface area is 195 Å². The van der Waals surface area contributed by atoms with E-state index >= 15 is 0 Å². The predicted octanol–water partition coefficient (Wildman–Crippen LogP) is 3.79. The maximum Gasteiger partial charge on any atom is 0.282 e. The largest absolute Gasteiger partial charge is 0.381 e. The summed E-state index contributed by atoms with van der Waals surface area (Å²) in [5, 5.41) is 1.18. The van der Waals surface area contributed by atoms with Crippen LogP contribution in [-0.4, -0.2) is 32.1 Å². The highest BCUT2D eigenvalue weighted by Crippen LogP contribution is 2.23. The third-order valence-electron chi connectivity index (χ3n) is 6.37. The van der Waals surface area contributed by atoms with Gasteiger partial charge >= 0.3 is 0 Å². The summed E-state index contributed by atoms with van der Waals surface area (Å²) in [6.07, 6.45) is 3.51. The number of hydrogen-bond donors (Lipinski definition) is 0. The van der Waals surface area contributed by atoms with Gasteiger partial charge in [-0.25, -0.2) is 4.98 Å². The highest BCUT2D eigenvalue weighted by molar-refractivity contribution is 6.30. The van der Waals surface area contributed by atoms with E-state index in [1.165, 1.54) is 0 Å². The molecule has 5 rings (SSSR count). The predicted molar refractivity (Wildman–Crippen MR) is 128 cm³/mol. The number of pyridine rings is 2. The molecule has 0 spiro atoms. The molecule has 1 aliphatic rings. The van der Waals surface area contributed by atoms with Crippen LogP contribution in [0.15, 0.2) is 64.3 Å². The van der Waals surface area contributed by atoms with Crippen LogP contribution in [0.2, 0.25) is 5.02 Å². The van der Waals surface area contributed by atoms with Crippen molar-refractivity contribution >= 4 is 22.5 Å². The van der Waals surface area contributed by atoms with Crippen molar-refractivity contribution in [2.45, 2.75) is 32.9 Å². The average Bonchev–Trinajstić information content (AvgIpc) is 3.10. The molecule has 0 saturated carbocycles. The first-order valence-corrected chi connectivity index (χ1v) is 11.5. The van der Waals surface area contributed by atoms with Gasteiger partial charge in [0.25, 0.3) is 11.1 Å². The van der Waals surface area contributed by atoms with E-state index < -0.39 is 0 Å². The van der Waals surface area contributed by atoms with Crippen LogP contribution in [0, 0.1) is 12.8 Å². The van der Waals surface area contributed by atoms with Gasteiger partial charge in [0, 0.05) is 42.7 Å². The van der Waals surface area contributed by atoms with Gasteiger partial charge in [0.1, 0.15) is 0 Å². The van der Waals surface area contributed by atoms with Crippen molar-refractivity contribution in [2.24, 2.45) is 5.92 Å². The topological polar surface area (TPSA) is 71.1 Å². The molecule has 0 atom stereocenters. The zero-order valence-electron chi connectivity index (χ0n) is 18.4. The molecule has 4 aromatic rings. The Balaban J connectivity index is 1.69. The molecule has 0 aliphatic carbocycles. The SMILES string of the molecule is Cc1c2c(=O)n(-c3ccccn3)n(CC3CCOCC3)c2cc(=O)n1Cc1ccc(Cl)cc1. The molecule has 1 fully saturated rings. The molecule has 170 valence electrons. The van der Waals surface area contributed by atoms with Crippen molar-refractivity contribution in [3.05, 3.63) is 91.7 Å². The number of hydrogen-bond acceptors (Lipinski definition) is 4. The third-order valence-corrected chi connectivity index (χ3v) is 6.62. The second kappa shape index (κ2) is 9.00. The van der Waals surface area contributed by atoms with Gasteiger partial charge in [-0.05, 0) is 55.5 Å². The monoisotopic (exact) mass is 464 g/mol. The standard InChI is InChI=1S/C25H25ClN4O3/c1-17-24-21(14-23(31)28(17)15-18-5-7-20(26)8-6-18)29(16-19-9-12-33-13-10-19)30(25(24)32)22-4-2-3-11-27-22/h2-8,11,14,19H,9-10,12-13,15-16H2,1H3. The van der Waals surface area contributed by atoms with Crippen LogP contribution >= 0.6 is 11.6 Å². The molecule has 1 aliphatic heterocycles. The first-order valence-electron chi connectivity index (χ1n) is 11.1. The van der Waals surface area contributed by atoms with Gasteiger partial charge in [0.2, 0.25) is 0 Å². The first-order chi connectivity index (χ1) is 16.0. The Morgan fingerprint density at radius 2 is 1.85 bits per heavy atom. The summed E-state index contributed by atoms with van der Waals surface area (Å²) in [4.78, 5) is 31.4. The molecule has 3 aromatic heterocycles. The summed E-state index contributed by atoms with van der Waals surface area (Å²) >= 11 is 6.01. The van der Waals surface area contributed by atoms with Crippen molar-refractivity contribution in [3.63, 3.8) is 0 Å². The van der Waals surface area contributed by atoms with E-state index in [2.05, 4.69) is 4.98 Å². The second-order valence-electron chi connectivity index (χ2n) is 8.48. The molecule has 0 amide bonds. The lowest BCUT2D eigenvalue weighted by atomic mass is 10.0. The molecule has 8 heteroatoms. The van der Waals surface area contributed by atoms with Crippen LogP contribution in [0.4, 0.5) is 0 Å². The van der Waals surface area contributed by atoms with Crippen LogP contribution < -0.4 is 11.1 Å². The number of ether oxygens (including phenoxy) is 1. The molecule has 0 radical (unpaired) electrons. The zero-order valence-corrected chi connectivity index (χ0v) is 19.2. The van der Waals surface area contributed by atoms with E-state index in [0.29, 0.717) is 59.7 Å². The summed E-state index contributed by atoms with van der Waals surface area (Å²) < 4.78 is 10.7. The van der Waals surface area contributed by atoms with Gasteiger partial charge in [0.15, 0.2) is 5.82 Å². The van der Waals surface area contributed by atoms with Gasteiger partial charge in [-0.3, -0.25) is 14.3 Å². The minimum atomic E-state index is -0.168. The molecule has 0 unspecified atom stereocenters. The highest BCUT2D eigenvalue weighted by atomic mass is 35.5. The fourth-order valence-electron chi connectivity index (χ4n) is 4.57. The van der Waals surface area contributed by atoms with Gasteiger partial charge < -0.3 is 9.30 Å². The fourth-order valence-corrected chi connectivity index (χ4v) is 4.70. The number of benzene rings is 1. The van der Waals surface area contributed by atoms with Crippen molar-refractivity contribution in [1.82, 2.24) is 18.9 Å². The maximum atomic E-state index is 13.7. The molecular formula is C25H25ClN4O3. The fraction of sp³-hybridized carbons (Fsp3) is 0.320. The lowest BCUT2D eigenvalue weighted by Crippen LogP contribution is -2.27. The summed E-state index contributed by atoms with van der Waals surface area (Å²) in [6, 6.07) is 14.5. The summed E-state index contributed by atoms with van der Waals surface area (Å²) in [5.41, 5.74) is 1.92. The quantitative estimate of drug-likeness (QED) is 0.450. The Hall–Kier alpha value is -3.16. The number of halogens is 1. The minimum Gasteiger partial charge on any atom is -0.381 e. The lowest BCUT2D eigenvalue weighted by molar-refractivity contribution is 0.0598. The van der Waals surface area contributed by atoms with Gasteiger partial charge in [-0.1, -0.05) is 29.8 Å². The summed E-state index contributed by atoms with van der Waals surface area (Å²) in [5.74, 6) is 0.905. The van der Waals surface area contributed by atoms with Crippen molar-refractivity contribution < 1.29 is 4.74 Å². The molecular weight excluding hydrogens is 440 g/mol. The first kappa shape index (κ1) is 21.7. The lowest BCUT2D eigenvalue weighted by Gasteiger charge is -2.24. The van der Waals surface area contributed by atoms with Crippen LogP contribution in [-0.2, 0) is 17.8 Å². The average molecular weight is 465 g/mol. The van der Waals surface area contributed by atoms with Crippen molar-refractivity contribution in [1.29, 1.82) is 0 Å². The molecule has 7 nitrogen and oxygen atoms in total. The number of fused-ring (bicyclic) bond motifs is 1. The van der Waals surface area contributed by atoms with Crippen LogP contribution in [0.25, 0.3) is 16.7 Å². The summed E-state index contributed by atoms with van der Waals surface area (Å²) in [7, 11) is 0. The van der Waals surface area contributed by atoms with Gasteiger partial charge in [-0.2, -0.15) is 4.68 Å². The third kappa shape index (κ3) is 4.14. The molecule has 1 saturated heterocycles. The summed E-state index contributed by atoms with van der Waals surface area (Å²) in [6.45, 7) is 4.25. The number of aromatic nitrogens is 4. The van der Waals surface area contributed by atoms with E-state index in [-0.39, 0.29) is 11.1 Å². The van der Waals surface area contributed by atoms with Crippen molar-refractivity contribution in [2.75, 3.05) is 13.2 Å². The van der Waals surface area contributed by atoms with E-state index in [1.54, 1.807) is 33.6 Å². The molecule has 0 bridgehead atoms. The van der Waals surface area contributed by atoms with Crippen molar-refractivity contribution in [3.8, 4) is 5.82 Å². The smallest absolute Gasteiger partial charge is 0.282 e. The molecule has 4 heterocycles. The molecule has 33 heavy (non-hydrogen) atoms. The van der Waals surface area contributed by atoms with Crippen LogP contribution in [0.3, 0.4) is 0 Å². The Kier molecular flexibility index (Phi) is 5.91. The van der Waals surface area contributed by atoms with Crippen LogP contribution in [0.5, 0.6) is 0 Å². The number of nitrogens with zero attached hydrogens (tertiary/aromatic N) is 4. The van der Waals surface area contributed by atoms with Gasteiger partial charge in [0.05, 0.1) is 17.4 Å². The Morgan fingerprint density at radius 1 is 1.09 bits per heavy atom. The molecule has 1 aromatic carbocycles. The zero-order chi connectivity index (χ0) is 22.9. The molecule has 0 N–H and O–H groups in total. The Bertz CT molecular complexity index is 1400. The maximum absolute atomic E-state index is 13.7. The van der Waals surface area contributed by atoms with E-state index in [4.69, 9.17) is 16.3 Å². The van der Waals surface area contributed by atoms with E-state index in [0.717, 1.165) is 18.4 Å². The van der Waals surface area contributed by atoms with Crippen LogP contribution in [0.1, 0.15) is 24.1 Å². The second-order valence-corrected chi connectivity index (χ2v) is 8.92.